The average Bonchev–Trinajstić information content (AvgIpc) is 2.39. The molecule has 0 aliphatic rings. The lowest BCUT2D eigenvalue weighted by molar-refractivity contribution is -0.113. The van der Waals surface area contributed by atoms with Gasteiger partial charge in [0.2, 0.25) is 0 Å². The van der Waals surface area contributed by atoms with Crippen LogP contribution in [0, 0.1) is 0 Å². The minimum absolute atomic E-state index is 0.499. The maximum atomic E-state index is 10.5. The summed E-state index contributed by atoms with van der Waals surface area (Å²) in [7, 11) is 0. The lowest BCUT2D eigenvalue weighted by atomic mass is 9.89. The summed E-state index contributed by atoms with van der Waals surface area (Å²) in [5.41, 5.74) is 1.76. The third kappa shape index (κ3) is 3.56. The van der Waals surface area contributed by atoms with Crippen LogP contribution in [-0.4, -0.2) is 17.3 Å². The molecule has 0 aromatic heterocycles. The molecule has 2 nitrogen and oxygen atoms in total. The quantitative estimate of drug-likeness (QED) is 0.796. The first kappa shape index (κ1) is 15.2. The van der Waals surface area contributed by atoms with E-state index in [4.69, 9.17) is 4.74 Å². The maximum Gasteiger partial charge on any atom is 0.108 e. The largest absolute Gasteiger partial charge is 0.385 e. The smallest absolute Gasteiger partial charge is 0.108 e. The molecule has 0 saturated carbocycles. The van der Waals surface area contributed by atoms with Crippen molar-refractivity contribution in [1.29, 1.82) is 0 Å². The van der Waals surface area contributed by atoms with Crippen LogP contribution in [0.25, 0.3) is 0 Å². The topological polar surface area (TPSA) is 29.5 Å². The molecule has 1 rings (SSSR count). The zero-order valence-electron chi connectivity index (χ0n) is 12.1. The molecule has 102 valence electrons. The van der Waals surface area contributed by atoms with Gasteiger partial charge in [0.25, 0.3) is 0 Å². The summed E-state index contributed by atoms with van der Waals surface area (Å²) in [6.45, 7) is 8.78. The Morgan fingerprint density at radius 1 is 1.17 bits per heavy atom. The molecule has 18 heavy (non-hydrogen) atoms. The molecule has 1 aromatic rings. The Balaban J connectivity index is 2.84. The van der Waals surface area contributed by atoms with Crippen molar-refractivity contribution in [3.63, 3.8) is 0 Å². The molecule has 2 heteroatoms. The van der Waals surface area contributed by atoms with Crippen molar-refractivity contribution in [2.24, 2.45) is 0 Å². The van der Waals surface area contributed by atoms with E-state index in [1.807, 2.05) is 32.9 Å². The molecule has 0 aliphatic carbocycles. The van der Waals surface area contributed by atoms with Crippen molar-refractivity contribution in [3.05, 3.63) is 35.4 Å². The van der Waals surface area contributed by atoms with Crippen LogP contribution in [-0.2, 0) is 11.2 Å². The third-order valence-electron chi connectivity index (χ3n) is 3.59. The monoisotopic (exact) mass is 250 g/mol. The number of aryl methyl sites for hydroxylation is 1. The molecule has 0 aliphatic heterocycles. The fraction of sp³-hybridized carbons (Fsp3) is 0.625. The van der Waals surface area contributed by atoms with Gasteiger partial charge in [-0.25, -0.2) is 0 Å². The summed E-state index contributed by atoms with van der Waals surface area (Å²) in [5, 5.41) is 10.5. The van der Waals surface area contributed by atoms with Gasteiger partial charge in [-0.1, -0.05) is 44.5 Å². The van der Waals surface area contributed by atoms with Gasteiger partial charge in [0.1, 0.15) is 6.10 Å². The van der Waals surface area contributed by atoms with Crippen molar-refractivity contribution in [2.45, 2.75) is 58.7 Å². The van der Waals surface area contributed by atoms with Crippen LogP contribution in [0.3, 0.4) is 0 Å². The van der Waals surface area contributed by atoms with E-state index in [0.717, 1.165) is 24.8 Å². The highest BCUT2D eigenvalue weighted by Gasteiger charge is 2.32. The van der Waals surface area contributed by atoms with E-state index in [0.29, 0.717) is 6.61 Å². The summed E-state index contributed by atoms with van der Waals surface area (Å²) in [6, 6.07) is 8.24. The lowest BCUT2D eigenvalue weighted by Crippen LogP contribution is -2.35. The zero-order chi connectivity index (χ0) is 13.6. The van der Waals surface area contributed by atoms with Gasteiger partial charge < -0.3 is 9.84 Å². The molecule has 0 fully saturated rings. The van der Waals surface area contributed by atoms with Crippen LogP contribution < -0.4 is 0 Å². The second-order valence-corrected chi connectivity index (χ2v) is 4.99. The van der Waals surface area contributed by atoms with Crippen molar-refractivity contribution in [3.8, 4) is 0 Å². The first-order chi connectivity index (χ1) is 8.57. The Hall–Kier alpha value is -0.860. The average molecular weight is 250 g/mol. The SMILES string of the molecule is CCCc1ccc(C(O)C(C)(CC)OCC)cc1. The Labute approximate surface area is 111 Å². The Bertz CT molecular complexity index is 345. The van der Waals surface area contributed by atoms with Gasteiger partial charge in [-0.2, -0.15) is 0 Å². The number of hydrogen-bond acceptors (Lipinski definition) is 2. The minimum atomic E-state index is -0.571. The highest BCUT2D eigenvalue weighted by Crippen LogP contribution is 2.32. The first-order valence-corrected chi connectivity index (χ1v) is 6.98. The van der Waals surface area contributed by atoms with E-state index in [2.05, 4.69) is 19.1 Å². The standard InChI is InChI=1S/C16H26O2/c1-5-8-13-9-11-14(12-10-13)15(17)16(4,6-2)18-7-3/h9-12,15,17H,5-8H2,1-4H3. The van der Waals surface area contributed by atoms with Crippen LogP contribution in [0.4, 0.5) is 0 Å². The number of ether oxygens (including phenoxy) is 1. The van der Waals surface area contributed by atoms with Gasteiger partial charge in [-0.3, -0.25) is 0 Å². The molecule has 0 heterocycles. The van der Waals surface area contributed by atoms with Crippen molar-refractivity contribution < 1.29 is 9.84 Å². The number of aliphatic hydroxyl groups excluding tert-OH is 1. The van der Waals surface area contributed by atoms with Gasteiger partial charge in [-0.15, -0.1) is 0 Å². The summed E-state index contributed by atoms with van der Waals surface area (Å²) in [5.74, 6) is 0. The van der Waals surface area contributed by atoms with Crippen molar-refractivity contribution in [2.75, 3.05) is 6.61 Å². The number of rotatable bonds is 7. The summed E-state index contributed by atoms with van der Waals surface area (Å²) < 4.78 is 5.72. The van der Waals surface area contributed by atoms with Crippen LogP contribution >= 0.6 is 0 Å². The molecule has 0 bridgehead atoms. The number of benzene rings is 1. The molecule has 0 amide bonds. The number of aliphatic hydroxyl groups is 1. The Morgan fingerprint density at radius 2 is 1.78 bits per heavy atom. The van der Waals surface area contributed by atoms with Gasteiger partial charge in [0.05, 0.1) is 5.60 Å². The zero-order valence-corrected chi connectivity index (χ0v) is 12.1. The second-order valence-electron chi connectivity index (χ2n) is 4.99. The van der Waals surface area contributed by atoms with E-state index in [-0.39, 0.29) is 0 Å². The minimum Gasteiger partial charge on any atom is -0.385 e. The molecular weight excluding hydrogens is 224 g/mol. The fourth-order valence-electron chi connectivity index (χ4n) is 2.21. The van der Waals surface area contributed by atoms with Crippen molar-refractivity contribution >= 4 is 0 Å². The van der Waals surface area contributed by atoms with Gasteiger partial charge in [0.15, 0.2) is 0 Å². The summed E-state index contributed by atoms with van der Waals surface area (Å²) in [4.78, 5) is 0. The van der Waals surface area contributed by atoms with Crippen LogP contribution in [0.2, 0.25) is 0 Å². The fourth-order valence-corrected chi connectivity index (χ4v) is 2.21. The molecule has 1 aromatic carbocycles. The second kappa shape index (κ2) is 6.91. The van der Waals surface area contributed by atoms with E-state index in [1.54, 1.807) is 0 Å². The lowest BCUT2D eigenvalue weighted by Gasteiger charge is -2.33. The van der Waals surface area contributed by atoms with Gasteiger partial charge >= 0.3 is 0 Å². The molecule has 0 radical (unpaired) electrons. The first-order valence-electron chi connectivity index (χ1n) is 6.98. The Kier molecular flexibility index (Phi) is 5.83. The third-order valence-corrected chi connectivity index (χ3v) is 3.59. The van der Waals surface area contributed by atoms with E-state index >= 15 is 0 Å². The number of hydrogen-bond donors (Lipinski definition) is 1. The van der Waals surface area contributed by atoms with Crippen LogP contribution in [0.1, 0.15) is 57.8 Å². The highest BCUT2D eigenvalue weighted by molar-refractivity contribution is 5.26. The highest BCUT2D eigenvalue weighted by atomic mass is 16.5. The van der Waals surface area contributed by atoms with Crippen LogP contribution in [0.15, 0.2) is 24.3 Å². The Morgan fingerprint density at radius 3 is 2.22 bits per heavy atom. The van der Waals surface area contributed by atoms with E-state index in [1.165, 1.54) is 5.56 Å². The molecule has 2 atom stereocenters. The predicted molar refractivity (Wildman–Crippen MR) is 75.7 cm³/mol. The molecular formula is C16H26O2. The van der Waals surface area contributed by atoms with Crippen LogP contribution in [0.5, 0.6) is 0 Å². The molecule has 1 N–H and O–H groups in total. The molecule has 0 spiro atoms. The summed E-state index contributed by atoms with van der Waals surface area (Å²) >= 11 is 0. The molecule has 0 saturated heterocycles. The molecule has 2 unspecified atom stereocenters. The predicted octanol–water partition coefficient (Wildman–Crippen LogP) is 3.88. The van der Waals surface area contributed by atoms with E-state index in [9.17, 15) is 5.11 Å². The normalized spacial score (nSPS) is 16.3. The van der Waals surface area contributed by atoms with Gasteiger partial charge in [0, 0.05) is 6.61 Å². The maximum absolute atomic E-state index is 10.5. The van der Waals surface area contributed by atoms with Crippen molar-refractivity contribution in [1.82, 2.24) is 0 Å². The van der Waals surface area contributed by atoms with E-state index < -0.39 is 11.7 Å². The van der Waals surface area contributed by atoms with Gasteiger partial charge in [-0.05, 0) is 37.8 Å². The summed E-state index contributed by atoms with van der Waals surface area (Å²) in [6.07, 6.45) is 2.46.